The van der Waals surface area contributed by atoms with Crippen molar-refractivity contribution in [3.8, 4) is 11.1 Å². The highest BCUT2D eigenvalue weighted by molar-refractivity contribution is 7.17. The summed E-state index contributed by atoms with van der Waals surface area (Å²) in [6, 6.07) is 11.3. The molecule has 0 aliphatic carbocycles. The molecule has 2 aromatic carbocycles. The minimum Gasteiger partial charge on any atom is -0.352 e. The molecule has 9 heteroatoms. The van der Waals surface area contributed by atoms with Crippen LogP contribution < -0.4 is 15.8 Å². The van der Waals surface area contributed by atoms with E-state index < -0.39 is 11.6 Å². The molecule has 1 aliphatic heterocycles. The molecule has 4 aromatic rings. The number of aryl methyl sites for hydroxylation is 1. The lowest BCUT2D eigenvalue weighted by Crippen LogP contribution is -2.44. The molecule has 3 heterocycles. The lowest BCUT2D eigenvalue weighted by Gasteiger charge is -2.32. The number of fused-ring (bicyclic) bond motifs is 1. The summed E-state index contributed by atoms with van der Waals surface area (Å²) in [5, 5.41) is 4.73. The van der Waals surface area contributed by atoms with Gasteiger partial charge in [-0.05, 0) is 43.0 Å². The number of hydrogen-bond donors (Lipinski definition) is 2. The fourth-order valence-electron chi connectivity index (χ4n) is 4.43. The number of rotatable bonds is 5. The molecule has 1 amide bonds. The molecular formula is C26H24F2N4O2S. The van der Waals surface area contributed by atoms with Gasteiger partial charge in [0, 0.05) is 36.6 Å². The van der Waals surface area contributed by atoms with Crippen LogP contribution in [0.2, 0.25) is 0 Å². The smallest absolute Gasteiger partial charge is 0.270 e. The van der Waals surface area contributed by atoms with Gasteiger partial charge < -0.3 is 10.2 Å². The maximum atomic E-state index is 13.4. The third kappa shape index (κ3) is 4.95. The molecular weight excluding hydrogens is 470 g/mol. The van der Waals surface area contributed by atoms with Crippen LogP contribution in [0.3, 0.4) is 0 Å². The Morgan fingerprint density at radius 3 is 2.69 bits per heavy atom. The molecule has 5 rings (SSSR count). The van der Waals surface area contributed by atoms with Crippen LogP contribution >= 0.6 is 11.3 Å². The highest BCUT2D eigenvalue weighted by Gasteiger charge is 2.27. The Morgan fingerprint density at radius 1 is 1.20 bits per heavy atom. The molecule has 6 nitrogen and oxygen atoms in total. The Kier molecular flexibility index (Phi) is 6.34. The number of amides is 1. The van der Waals surface area contributed by atoms with E-state index in [2.05, 4.69) is 10.3 Å². The van der Waals surface area contributed by atoms with Gasteiger partial charge in [0.1, 0.15) is 16.3 Å². The first-order valence-corrected chi connectivity index (χ1v) is 12.3. The SMILES string of the molecule is Cc1ccc(-c2csc3c(=O)[nH]c(N4CCC[C@H](C(=O)NCc5cc(F)cc(F)c5)C4)nc23)cc1. The van der Waals surface area contributed by atoms with Crippen molar-refractivity contribution in [3.63, 3.8) is 0 Å². The van der Waals surface area contributed by atoms with E-state index in [0.717, 1.165) is 29.2 Å². The van der Waals surface area contributed by atoms with E-state index in [1.54, 1.807) is 0 Å². The van der Waals surface area contributed by atoms with E-state index in [1.807, 2.05) is 41.5 Å². The number of benzene rings is 2. The van der Waals surface area contributed by atoms with Crippen molar-refractivity contribution in [2.75, 3.05) is 18.0 Å². The van der Waals surface area contributed by atoms with Gasteiger partial charge in [0.25, 0.3) is 5.56 Å². The number of halogens is 2. The second kappa shape index (κ2) is 9.58. The van der Waals surface area contributed by atoms with Crippen molar-refractivity contribution in [3.05, 3.63) is 81.0 Å². The maximum Gasteiger partial charge on any atom is 0.270 e. The third-order valence-electron chi connectivity index (χ3n) is 6.26. The van der Waals surface area contributed by atoms with Gasteiger partial charge in [0.15, 0.2) is 0 Å². The van der Waals surface area contributed by atoms with E-state index in [1.165, 1.54) is 23.5 Å². The molecule has 1 fully saturated rings. The fourth-order valence-corrected chi connectivity index (χ4v) is 5.34. The van der Waals surface area contributed by atoms with E-state index in [0.29, 0.717) is 41.2 Å². The number of carbonyl (C=O) groups is 1. The highest BCUT2D eigenvalue weighted by atomic mass is 32.1. The number of H-pyrrole nitrogens is 1. The average molecular weight is 495 g/mol. The maximum absolute atomic E-state index is 13.4. The quantitative estimate of drug-likeness (QED) is 0.419. The lowest BCUT2D eigenvalue weighted by atomic mass is 9.97. The fraction of sp³-hybridized carbons (Fsp3) is 0.269. The van der Waals surface area contributed by atoms with Crippen LogP contribution in [0.25, 0.3) is 21.3 Å². The Balaban J connectivity index is 1.35. The second-order valence-electron chi connectivity index (χ2n) is 8.86. The molecule has 1 atom stereocenters. The summed E-state index contributed by atoms with van der Waals surface area (Å²) < 4.78 is 27.4. The van der Waals surface area contributed by atoms with Gasteiger partial charge in [-0.25, -0.2) is 13.8 Å². The first kappa shape index (κ1) is 23.2. The van der Waals surface area contributed by atoms with E-state index >= 15 is 0 Å². The predicted octanol–water partition coefficient (Wildman–Crippen LogP) is 4.77. The Hall–Kier alpha value is -3.59. The standard InChI is InChI=1S/C26H24F2N4O2S/c1-15-4-6-17(7-5-15)21-14-35-23-22(21)30-26(31-25(23)34)32-8-2-3-18(13-32)24(33)29-12-16-9-19(27)11-20(28)10-16/h4-7,9-11,14,18H,2-3,8,12-13H2,1H3,(H,29,33)(H,30,31,34)/t18-/m0/s1. The minimum absolute atomic E-state index is 0.0415. The zero-order valence-electron chi connectivity index (χ0n) is 19.1. The second-order valence-corrected chi connectivity index (χ2v) is 9.74. The molecule has 0 spiro atoms. The zero-order chi connectivity index (χ0) is 24.5. The van der Waals surface area contributed by atoms with Gasteiger partial charge in [0.05, 0.1) is 11.4 Å². The number of carbonyl (C=O) groups excluding carboxylic acids is 1. The van der Waals surface area contributed by atoms with Crippen molar-refractivity contribution >= 4 is 33.4 Å². The highest BCUT2D eigenvalue weighted by Crippen LogP contribution is 2.32. The van der Waals surface area contributed by atoms with Crippen molar-refractivity contribution in [2.45, 2.75) is 26.3 Å². The number of aromatic amines is 1. The predicted molar refractivity (Wildman–Crippen MR) is 134 cm³/mol. The van der Waals surface area contributed by atoms with Crippen LogP contribution in [-0.4, -0.2) is 29.0 Å². The van der Waals surface area contributed by atoms with Crippen molar-refractivity contribution in [2.24, 2.45) is 5.92 Å². The summed E-state index contributed by atoms with van der Waals surface area (Å²) in [7, 11) is 0. The van der Waals surface area contributed by atoms with Crippen LogP contribution in [0.4, 0.5) is 14.7 Å². The number of piperidine rings is 1. The van der Waals surface area contributed by atoms with Gasteiger partial charge in [-0.15, -0.1) is 11.3 Å². The number of thiophene rings is 1. The largest absolute Gasteiger partial charge is 0.352 e. The van der Waals surface area contributed by atoms with Crippen LogP contribution in [0.15, 0.2) is 52.6 Å². The summed E-state index contributed by atoms with van der Waals surface area (Å²) in [4.78, 5) is 35.2. The summed E-state index contributed by atoms with van der Waals surface area (Å²) in [5.41, 5.74) is 3.87. The van der Waals surface area contributed by atoms with Crippen molar-refractivity contribution < 1.29 is 13.6 Å². The van der Waals surface area contributed by atoms with Gasteiger partial charge in [-0.2, -0.15) is 0 Å². The number of nitrogens with zero attached hydrogens (tertiary/aromatic N) is 2. The third-order valence-corrected chi connectivity index (χ3v) is 7.23. The van der Waals surface area contributed by atoms with Crippen LogP contribution in [0.1, 0.15) is 24.0 Å². The molecule has 1 saturated heterocycles. The van der Waals surface area contributed by atoms with Gasteiger partial charge in [0.2, 0.25) is 11.9 Å². The number of aromatic nitrogens is 2. The molecule has 0 radical (unpaired) electrons. The number of anilines is 1. The molecule has 180 valence electrons. The molecule has 1 aliphatic rings. The molecule has 0 saturated carbocycles. The van der Waals surface area contributed by atoms with Crippen molar-refractivity contribution in [1.29, 1.82) is 0 Å². The Morgan fingerprint density at radius 2 is 1.94 bits per heavy atom. The van der Waals surface area contributed by atoms with E-state index in [4.69, 9.17) is 4.98 Å². The zero-order valence-corrected chi connectivity index (χ0v) is 19.9. The molecule has 2 aromatic heterocycles. The molecule has 2 N–H and O–H groups in total. The lowest BCUT2D eigenvalue weighted by molar-refractivity contribution is -0.125. The van der Waals surface area contributed by atoms with E-state index in [9.17, 15) is 18.4 Å². The van der Waals surface area contributed by atoms with E-state index in [-0.39, 0.29) is 23.9 Å². The normalized spacial score (nSPS) is 16.0. The molecule has 35 heavy (non-hydrogen) atoms. The number of nitrogens with one attached hydrogen (secondary N) is 2. The summed E-state index contributed by atoms with van der Waals surface area (Å²) in [5.74, 6) is -1.44. The van der Waals surface area contributed by atoms with Crippen LogP contribution in [-0.2, 0) is 11.3 Å². The minimum atomic E-state index is -0.679. The molecule has 0 bridgehead atoms. The summed E-state index contributed by atoms with van der Waals surface area (Å²) in [6.45, 7) is 3.12. The van der Waals surface area contributed by atoms with Gasteiger partial charge >= 0.3 is 0 Å². The summed E-state index contributed by atoms with van der Waals surface area (Å²) in [6.07, 6.45) is 1.43. The first-order valence-electron chi connectivity index (χ1n) is 11.4. The average Bonchev–Trinajstić information content (AvgIpc) is 3.27. The Bertz CT molecular complexity index is 1430. The van der Waals surface area contributed by atoms with Gasteiger partial charge in [-0.3, -0.25) is 14.6 Å². The van der Waals surface area contributed by atoms with Crippen LogP contribution in [0.5, 0.6) is 0 Å². The molecule has 0 unspecified atom stereocenters. The number of hydrogen-bond acceptors (Lipinski definition) is 5. The topological polar surface area (TPSA) is 78.1 Å². The monoisotopic (exact) mass is 494 g/mol. The van der Waals surface area contributed by atoms with Crippen LogP contribution in [0, 0.1) is 24.5 Å². The van der Waals surface area contributed by atoms with Crippen molar-refractivity contribution in [1.82, 2.24) is 15.3 Å². The first-order chi connectivity index (χ1) is 16.9. The van der Waals surface area contributed by atoms with Gasteiger partial charge in [-0.1, -0.05) is 29.8 Å². The summed E-state index contributed by atoms with van der Waals surface area (Å²) >= 11 is 1.36. The Labute approximate surface area is 204 Å².